The van der Waals surface area contributed by atoms with Crippen molar-refractivity contribution in [3.05, 3.63) is 247 Å². The van der Waals surface area contributed by atoms with Crippen LogP contribution in [0.15, 0.2) is 224 Å². The largest absolute Gasteiger partial charge is 0.309 e. The van der Waals surface area contributed by atoms with Crippen LogP contribution in [0.4, 0.5) is 17.1 Å². The van der Waals surface area contributed by atoms with Crippen LogP contribution in [0.1, 0.15) is 22.3 Å². The molecule has 1 nitrogen and oxygen atoms in total. The lowest BCUT2D eigenvalue weighted by Crippen LogP contribution is -2.28. The van der Waals surface area contributed by atoms with Gasteiger partial charge in [0.1, 0.15) is 0 Å². The Hall–Kier alpha value is -7.26. The van der Waals surface area contributed by atoms with Gasteiger partial charge in [-0.2, -0.15) is 0 Å². The van der Waals surface area contributed by atoms with E-state index in [9.17, 15) is 0 Å². The standard InChI is InChI=1S/C57H37NS/c1-3-15-38(16-4-1)39-31-34-44(35-32-39)58(53-28-14-25-49-50-36-33-41-30-29-40-17-7-8-22-46(40)54(41)56(50)59-55(49)53)45-21-13-20-43(37-45)57(42-18-5-2-6-19-42)51-26-11-9-23-47(51)48-24-10-12-27-52(48)57/h1-37H. The molecule has 10 aromatic carbocycles. The van der Waals surface area contributed by atoms with Crippen LogP contribution in [0.5, 0.6) is 0 Å². The van der Waals surface area contributed by atoms with Crippen LogP contribution in [-0.2, 0) is 5.41 Å². The molecule has 0 radical (unpaired) electrons. The Morgan fingerprint density at radius 3 is 1.71 bits per heavy atom. The molecule has 1 aliphatic rings. The summed E-state index contributed by atoms with van der Waals surface area (Å²) >= 11 is 1.92. The Morgan fingerprint density at radius 1 is 0.356 bits per heavy atom. The molecule has 0 aliphatic heterocycles. The van der Waals surface area contributed by atoms with E-state index in [0.717, 1.165) is 11.4 Å². The highest BCUT2D eigenvalue weighted by Gasteiger charge is 2.46. The molecule has 0 bridgehead atoms. The van der Waals surface area contributed by atoms with E-state index >= 15 is 0 Å². The fourth-order valence-corrected chi connectivity index (χ4v) is 11.3. The molecule has 2 heteroatoms. The Balaban J connectivity index is 1.13. The van der Waals surface area contributed by atoms with Gasteiger partial charge in [-0.05, 0) is 91.0 Å². The van der Waals surface area contributed by atoms with Gasteiger partial charge in [-0.15, -0.1) is 11.3 Å². The number of benzene rings is 10. The molecule has 0 amide bonds. The summed E-state index contributed by atoms with van der Waals surface area (Å²) in [5.74, 6) is 0. The highest BCUT2D eigenvalue weighted by molar-refractivity contribution is 7.27. The SMILES string of the molecule is c1ccc(-c2ccc(N(c3cccc(C4(c5ccccc5)c5ccccc5-c5ccccc54)c3)c3cccc4c3sc3c4ccc4ccc5ccccc5c43)cc2)cc1. The molecule has 1 heterocycles. The van der Waals surface area contributed by atoms with Gasteiger partial charge in [0.05, 0.1) is 15.8 Å². The molecule has 276 valence electrons. The van der Waals surface area contributed by atoms with Gasteiger partial charge < -0.3 is 4.90 Å². The molecule has 12 rings (SSSR count). The number of anilines is 3. The summed E-state index contributed by atoms with van der Waals surface area (Å²) in [4.78, 5) is 2.49. The lowest BCUT2D eigenvalue weighted by molar-refractivity contribution is 0.768. The molecular weight excluding hydrogens is 731 g/mol. The van der Waals surface area contributed by atoms with Crippen LogP contribution in [0.25, 0.3) is 64.0 Å². The fourth-order valence-electron chi connectivity index (χ4n) is 9.96. The maximum absolute atomic E-state index is 2.49. The number of fused-ring (bicyclic) bond motifs is 10. The van der Waals surface area contributed by atoms with Crippen LogP contribution in [0.2, 0.25) is 0 Å². The molecule has 0 spiro atoms. The van der Waals surface area contributed by atoms with Gasteiger partial charge >= 0.3 is 0 Å². The zero-order valence-corrected chi connectivity index (χ0v) is 33.0. The highest BCUT2D eigenvalue weighted by Crippen LogP contribution is 2.57. The van der Waals surface area contributed by atoms with Crippen molar-refractivity contribution >= 4 is 70.1 Å². The third-order valence-corrected chi connectivity index (χ3v) is 13.8. The summed E-state index contributed by atoms with van der Waals surface area (Å²) in [5, 5.41) is 7.74. The minimum Gasteiger partial charge on any atom is -0.309 e. The summed E-state index contributed by atoms with van der Waals surface area (Å²) in [6.07, 6.45) is 0. The van der Waals surface area contributed by atoms with Gasteiger partial charge in [0.15, 0.2) is 0 Å². The molecule has 0 saturated carbocycles. The molecule has 1 aliphatic carbocycles. The van der Waals surface area contributed by atoms with E-state index < -0.39 is 5.41 Å². The van der Waals surface area contributed by atoms with Crippen LogP contribution in [0.3, 0.4) is 0 Å². The van der Waals surface area contributed by atoms with Crippen molar-refractivity contribution in [3.8, 4) is 22.3 Å². The van der Waals surface area contributed by atoms with E-state index in [1.54, 1.807) is 0 Å². The van der Waals surface area contributed by atoms with Crippen molar-refractivity contribution in [2.75, 3.05) is 4.90 Å². The first-order valence-corrected chi connectivity index (χ1v) is 21.2. The number of hydrogen-bond acceptors (Lipinski definition) is 2. The average molecular weight is 768 g/mol. The van der Waals surface area contributed by atoms with Crippen molar-refractivity contribution in [3.63, 3.8) is 0 Å². The maximum Gasteiger partial charge on any atom is 0.0714 e. The summed E-state index contributed by atoms with van der Waals surface area (Å²) in [5.41, 5.74) is 13.0. The second kappa shape index (κ2) is 13.4. The summed E-state index contributed by atoms with van der Waals surface area (Å²) < 4.78 is 2.60. The molecule has 11 aromatic rings. The predicted molar refractivity (Wildman–Crippen MR) is 252 cm³/mol. The number of nitrogens with zero attached hydrogens (tertiary/aromatic N) is 1. The second-order valence-electron chi connectivity index (χ2n) is 15.6. The summed E-state index contributed by atoms with van der Waals surface area (Å²) in [7, 11) is 0. The average Bonchev–Trinajstić information content (AvgIpc) is 3.85. The lowest BCUT2D eigenvalue weighted by atomic mass is 9.67. The molecule has 0 unspecified atom stereocenters. The molecular formula is C57H37NS. The first kappa shape index (κ1) is 33.8. The number of rotatable bonds is 6. The number of thiophene rings is 1. The molecule has 1 aromatic heterocycles. The Kier molecular flexibility index (Phi) is 7.69. The predicted octanol–water partition coefficient (Wildman–Crippen LogP) is 15.9. The van der Waals surface area contributed by atoms with Crippen molar-refractivity contribution in [2.24, 2.45) is 0 Å². The van der Waals surface area contributed by atoms with Crippen LogP contribution < -0.4 is 4.90 Å². The summed E-state index contributed by atoms with van der Waals surface area (Å²) in [6, 6.07) is 83.0. The van der Waals surface area contributed by atoms with Gasteiger partial charge in [-0.1, -0.05) is 194 Å². The van der Waals surface area contributed by atoms with Gasteiger partial charge in [-0.25, -0.2) is 0 Å². The third-order valence-electron chi connectivity index (χ3n) is 12.5. The molecule has 0 saturated heterocycles. The van der Waals surface area contributed by atoms with Gasteiger partial charge in [-0.3, -0.25) is 0 Å². The first-order chi connectivity index (χ1) is 29.3. The minimum absolute atomic E-state index is 0.503. The highest BCUT2D eigenvalue weighted by atomic mass is 32.1. The smallest absolute Gasteiger partial charge is 0.0714 e. The van der Waals surface area contributed by atoms with Gasteiger partial charge in [0, 0.05) is 32.2 Å². The lowest BCUT2D eigenvalue weighted by Gasteiger charge is -2.35. The Bertz CT molecular complexity index is 3330. The van der Waals surface area contributed by atoms with E-state index in [0.29, 0.717) is 0 Å². The van der Waals surface area contributed by atoms with Crippen LogP contribution in [0, 0.1) is 0 Å². The third kappa shape index (κ3) is 5.10. The molecule has 0 atom stereocenters. The fraction of sp³-hybridized carbons (Fsp3) is 0.0175. The van der Waals surface area contributed by atoms with Crippen molar-refractivity contribution in [1.82, 2.24) is 0 Å². The van der Waals surface area contributed by atoms with Crippen molar-refractivity contribution in [2.45, 2.75) is 5.41 Å². The zero-order chi connectivity index (χ0) is 38.9. The van der Waals surface area contributed by atoms with Gasteiger partial charge in [0.25, 0.3) is 0 Å². The zero-order valence-electron chi connectivity index (χ0n) is 32.2. The van der Waals surface area contributed by atoms with Crippen molar-refractivity contribution < 1.29 is 0 Å². The van der Waals surface area contributed by atoms with Crippen molar-refractivity contribution in [1.29, 1.82) is 0 Å². The van der Waals surface area contributed by atoms with Gasteiger partial charge in [0.2, 0.25) is 0 Å². The monoisotopic (exact) mass is 767 g/mol. The Morgan fingerprint density at radius 2 is 0.932 bits per heavy atom. The minimum atomic E-state index is -0.503. The van der Waals surface area contributed by atoms with Crippen LogP contribution >= 0.6 is 11.3 Å². The van der Waals surface area contributed by atoms with E-state index in [-0.39, 0.29) is 0 Å². The number of hydrogen-bond donors (Lipinski definition) is 0. The molecule has 0 fully saturated rings. The van der Waals surface area contributed by atoms with E-state index in [4.69, 9.17) is 0 Å². The molecule has 59 heavy (non-hydrogen) atoms. The second-order valence-corrected chi connectivity index (χ2v) is 16.6. The van der Waals surface area contributed by atoms with E-state index in [1.807, 2.05) is 11.3 Å². The molecule has 0 N–H and O–H groups in total. The van der Waals surface area contributed by atoms with E-state index in [2.05, 4.69) is 229 Å². The quantitative estimate of drug-likeness (QED) is 0.152. The van der Waals surface area contributed by atoms with Crippen LogP contribution in [-0.4, -0.2) is 0 Å². The maximum atomic E-state index is 2.49. The van der Waals surface area contributed by atoms with E-state index in [1.165, 1.54) is 91.9 Å². The Labute approximate surface area is 347 Å². The first-order valence-electron chi connectivity index (χ1n) is 20.3. The normalized spacial score (nSPS) is 12.9. The topological polar surface area (TPSA) is 3.24 Å². The summed E-state index contributed by atoms with van der Waals surface area (Å²) in [6.45, 7) is 0.